The van der Waals surface area contributed by atoms with E-state index in [0.29, 0.717) is 24.3 Å². The molecule has 8 aromatic carbocycles. The lowest BCUT2D eigenvalue weighted by Crippen LogP contribution is -2.45. The van der Waals surface area contributed by atoms with E-state index in [4.69, 9.17) is 69.6 Å². The van der Waals surface area contributed by atoms with Crippen LogP contribution in [0.3, 0.4) is 0 Å². The molecule has 0 aliphatic heterocycles. The van der Waals surface area contributed by atoms with Gasteiger partial charge in [0.1, 0.15) is 73.9 Å². The fourth-order valence-corrected chi connectivity index (χ4v) is 8.92. The lowest BCUT2D eigenvalue weighted by Gasteiger charge is -2.24. The van der Waals surface area contributed by atoms with Crippen LogP contribution in [0.1, 0.15) is 41.4 Å². The fraction of sp³-hybridized carbons (Fsp3) is 0.111. The highest BCUT2D eigenvalue weighted by atomic mass is 35.5. The van der Waals surface area contributed by atoms with Gasteiger partial charge in [0.05, 0.1) is 42.1 Å². The van der Waals surface area contributed by atoms with Gasteiger partial charge in [-0.2, -0.15) is 30.7 Å². The first kappa shape index (κ1) is 91.6. The lowest BCUT2D eigenvalue weighted by atomic mass is 10.2. The zero-order valence-electron chi connectivity index (χ0n) is 53.3. The average Bonchev–Trinajstić information content (AvgIpc) is 0.781. The van der Waals surface area contributed by atoms with Gasteiger partial charge in [-0.1, -0.05) is 99.9 Å². The molecular formula is C63H33Cl6F23N8O12. The Labute approximate surface area is 637 Å². The van der Waals surface area contributed by atoms with Crippen LogP contribution < -0.4 is 56.7 Å². The van der Waals surface area contributed by atoms with E-state index in [0.717, 1.165) is 78.9 Å². The topological polar surface area (TPSA) is 270 Å². The number of halogens is 29. The van der Waals surface area contributed by atoms with Crippen LogP contribution in [0.5, 0.6) is 17.2 Å². The highest BCUT2D eigenvalue weighted by Crippen LogP contribution is 2.42. The summed E-state index contributed by atoms with van der Waals surface area (Å²) in [6.45, 7) is 0. The number of anilines is 4. The second kappa shape index (κ2) is 38.8. The van der Waals surface area contributed by atoms with Gasteiger partial charge >= 0.3 is 61.6 Å². The van der Waals surface area contributed by atoms with E-state index in [1.807, 2.05) is 16.0 Å². The molecule has 0 heterocycles. The number of rotatable bonds is 16. The minimum Gasteiger partial charge on any atom is -0.428 e. The van der Waals surface area contributed by atoms with E-state index in [1.54, 1.807) is 28.1 Å². The van der Waals surface area contributed by atoms with Crippen LogP contribution in [0, 0.1) is 46.5 Å². The molecule has 0 aliphatic rings. The van der Waals surface area contributed by atoms with Gasteiger partial charge in [0, 0.05) is 17.4 Å². The van der Waals surface area contributed by atoms with E-state index in [-0.39, 0.29) is 22.0 Å². The van der Waals surface area contributed by atoms with E-state index in [2.05, 4.69) is 29.6 Å². The Balaban J connectivity index is 0.000000269. The van der Waals surface area contributed by atoms with Crippen molar-refractivity contribution in [3.05, 3.63) is 238 Å². The smallest absolute Gasteiger partial charge is 0.428 e. The number of hydrogen-bond acceptors (Lipinski definition) is 12. The number of imide groups is 4. The minimum atomic E-state index is -5.94. The van der Waals surface area contributed by atoms with Crippen molar-refractivity contribution in [1.82, 2.24) is 21.3 Å². The number of carbonyl (C=O) groups is 8. The molecule has 49 heteroatoms. The molecule has 2 unspecified atom stereocenters. The summed E-state index contributed by atoms with van der Waals surface area (Å²) in [5, 5.41) is 11.3. The number of nitrogens with one attached hydrogen (secondary N) is 8. The molecule has 8 aromatic rings. The molecule has 112 heavy (non-hydrogen) atoms. The van der Waals surface area contributed by atoms with Crippen LogP contribution in [0.15, 0.2) is 140 Å². The largest absolute Gasteiger partial charge is 0.573 e. The first-order chi connectivity index (χ1) is 51.8. The van der Waals surface area contributed by atoms with Gasteiger partial charge in [-0.15, -0.1) is 26.3 Å². The Kier molecular flexibility index (Phi) is 31.7. The van der Waals surface area contributed by atoms with Crippen LogP contribution in [-0.2, 0) is 4.74 Å². The number of benzene rings is 8. The minimum absolute atomic E-state index is 0.114. The summed E-state index contributed by atoms with van der Waals surface area (Å²) in [7, 11) is 0. The Morgan fingerprint density at radius 1 is 0.348 bits per heavy atom. The second-order valence-corrected chi connectivity index (χ2v) is 22.8. The third kappa shape index (κ3) is 27.2. The molecule has 0 saturated carbocycles. The Bertz CT molecular complexity index is 4790. The van der Waals surface area contributed by atoms with E-state index >= 15 is 0 Å². The quantitative estimate of drug-likeness (QED) is 0.0255. The Hall–Kier alpha value is -11.0. The van der Waals surface area contributed by atoms with Crippen LogP contribution in [0.2, 0.25) is 30.1 Å². The summed E-state index contributed by atoms with van der Waals surface area (Å²) in [6.07, 6.45) is -35.8. The van der Waals surface area contributed by atoms with Crippen LogP contribution in [0.4, 0.5) is 143 Å². The molecule has 20 nitrogen and oxygen atoms in total. The normalized spacial score (nSPS) is 11.9. The molecule has 0 bridgehead atoms. The summed E-state index contributed by atoms with van der Waals surface area (Å²) in [5.74, 6) is -17.6. The van der Waals surface area contributed by atoms with Crippen LogP contribution >= 0.6 is 69.6 Å². The number of ether oxygens (including phenoxy) is 4. The fourth-order valence-electron chi connectivity index (χ4n) is 7.62. The number of amides is 12. The monoisotopic (exact) mass is 1740 g/mol. The summed E-state index contributed by atoms with van der Waals surface area (Å²) in [6, 6.07) is 17.3. The van der Waals surface area contributed by atoms with Crippen LogP contribution in [-0.4, -0.2) is 91.4 Å². The van der Waals surface area contributed by atoms with Crippen LogP contribution in [0.25, 0.3) is 0 Å². The molecule has 0 saturated heterocycles. The predicted octanol–water partition coefficient (Wildman–Crippen LogP) is 20.2. The zero-order chi connectivity index (χ0) is 84.5. The molecule has 0 aliphatic carbocycles. The summed E-state index contributed by atoms with van der Waals surface area (Å²) in [4.78, 5) is 94.3. The predicted molar refractivity (Wildman–Crippen MR) is 348 cm³/mol. The first-order valence-electron chi connectivity index (χ1n) is 28.6. The highest BCUT2D eigenvalue weighted by molar-refractivity contribution is 6.37. The van der Waals surface area contributed by atoms with Gasteiger partial charge in [0.2, 0.25) is 0 Å². The molecule has 0 fully saturated rings. The van der Waals surface area contributed by atoms with Gasteiger partial charge in [0.15, 0.2) is 11.6 Å². The zero-order valence-corrected chi connectivity index (χ0v) is 57.8. The molecule has 0 aromatic heterocycles. The number of carbonyl (C=O) groups excluding carboxylic acids is 8. The summed E-state index contributed by atoms with van der Waals surface area (Å²) < 4.78 is 310. The maximum absolute atomic E-state index is 13.7. The van der Waals surface area contributed by atoms with Gasteiger partial charge in [-0.3, -0.25) is 40.4 Å². The van der Waals surface area contributed by atoms with E-state index < -0.39 is 208 Å². The van der Waals surface area contributed by atoms with Crippen molar-refractivity contribution in [1.29, 1.82) is 0 Å². The summed E-state index contributed by atoms with van der Waals surface area (Å²) in [5.41, 5.74) is -4.21. The summed E-state index contributed by atoms with van der Waals surface area (Å²) >= 11 is 33.5. The van der Waals surface area contributed by atoms with Gasteiger partial charge < -0.3 is 35.5 Å². The van der Waals surface area contributed by atoms with Crippen molar-refractivity contribution in [2.24, 2.45) is 0 Å². The maximum atomic E-state index is 13.7. The van der Waals surface area contributed by atoms with Crippen molar-refractivity contribution in [2.45, 2.75) is 43.6 Å². The molecule has 600 valence electrons. The van der Waals surface area contributed by atoms with Crippen molar-refractivity contribution >= 4 is 140 Å². The molecule has 8 N–H and O–H groups in total. The van der Waals surface area contributed by atoms with Gasteiger partial charge in [0.25, 0.3) is 29.8 Å². The van der Waals surface area contributed by atoms with E-state index in [1.165, 1.54) is 24.3 Å². The molecule has 0 radical (unpaired) electrons. The number of hydrogen-bond donors (Lipinski definition) is 8. The van der Waals surface area contributed by atoms with E-state index in [9.17, 15) is 139 Å². The standard InChI is InChI=1S/C17H8Cl2F8N2O3.C17H9ClF8N2O4.C15H10ClF3N2O3.C14H6Cl2F4N2O2/c18-6-5-11(32-17(26,27)14(22)16(23,24)25)7(19)4-10(6)28-15(31)29-13(30)12-8(20)2-1-3-9(12)21;18-8-6-7(4-5-11(8)31-16(22,23)14(21)32-17(24,25)26)27-15(30)28-13(29)12-9(19)2-1-3-10(12)20;16-12-4-2-1-3-11(12)13(22)21-14(23)20-9-5-7-10(8-6-9)24-15(17,18)19;15-5-4-8(12(20)10(16)11(5)19)21-14(24)22-13(23)9-6(17)2-1-3-7(9)18/h1-5,14H,(H2,28,29,30,31);1-6,14H,(H2,27,28,29,30);1-8H,(H2,20,21,22,23);1-4H,(H2,21,22,23,24). The maximum Gasteiger partial charge on any atom is 0.573 e. The third-order valence-corrected chi connectivity index (χ3v) is 14.2. The molecular weight excluding hydrogens is 1710 g/mol. The number of alkyl halides is 15. The average molecular weight is 1740 g/mol. The molecule has 8 rings (SSSR count). The highest BCUT2D eigenvalue weighted by Gasteiger charge is 2.59. The SMILES string of the molecule is O=C(NC(=O)c1c(F)cccc1F)Nc1cc(Cl)c(F)c(Cl)c1F.O=C(NC(=O)c1c(F)cccc1F)Nc1cc(Cl)c(OC(F)(F)C(F)C(F)(F)F)cc1Cl.O=C(NC(=O)c1c(F)cccc1F)Nc1ccc(OC(F)(F)C(F)OC(F)(F)F)c(Cl)c1.O=C(NC(=O)c1ccccc1Cl)Nc1ccc(OC(F)(F)F)cc1. The Morgan fingerprint density at radius 3 is 1.17 bits per heavy atom. The second-order valence-electron chi connectivity index (χ2n) is 20.3. The van der Waals surface area contributed by atoms with Crippen molar-refractivity contribution < 1.29 is 158 Å². The molecule has 0 spiro atoms. The first-order valence-corrected chi connectivity index (χ1v) is 30.8. The van der Waals surface area contributed by atoms with Gasteiger partial charge in [-0.25, -0.2) is 67.8 Å². The van der Waals surface area contributed by atoms with Crippen molar-refractivity contribution in [3.63, 3.8) is 0 Å². The van der Waals surface area contributed by atoms with Gasteiger partial charge in [-0.05, 0) is 103 Å². The number of urea groups is 4. The molecule has 2 atom stereocenters. The van der Waals surface area contributed by atoms with Crippen molar-refractivity contribution in [3.8, 4) is 17.2 Å². The van der Waals surface area contributed by atoms with Crippen molar-refractivity contribution in [2.75, 3.05) is 21.3 Å². The molecule has 12 amide bonds. The Morgan fingerprint density at radius 2 is 0.741 bits per heavy atom. The lowest BCUT2D eigenvalue weighted by molar-refractivity contribution is -0.411. The third-order valence-electron chi connectivity index (χ3n) is 12.3.